The zero-order valence-corrected chi connectivity index (χ0v) is 10.7. The van der Waals surface area contributed by atoms with Gasteiger partial charge in [-0.1, -0.05) is 19.9 Å². The minimum Gasteiger partial charge on any atom is -0.494 e. The van der Waals surface area contributed by atoms with Crippen LogP contribution in [0.2, 0.25) is 0 Å². The van der Waals surface area contributed by atoms with Crippen LogP contribution in [0.15, 0.2) is 18.2 Å². The van der Waals surface area contributed by atoms with Gasteiger partial charge in [-0.25, -0.2) is 4.39 Å². The third-order valence-electron chi connectivity index (χ3n) is 2.88. The van der Waals surface area contributed by atoms with Gasteiger partial charge in [0.2, 0.25) is 0 Å². The lowest BCUT2D eigenvalue weighted by molar-refractivity contribution is 0.267. The average Bonchev–Trinajstić information content (AvgIpc) is 2.28. The number of benzene rings is 1. The van der Waals surface area contributed by atoms with E-state index in [2.05, 4.69) is 13.8 Å². The first-order chi connectivity index (χ1) is 8.08. The molecule has 1 aromatic carbocycles. The van der Waals surface area contributed by atoms with Crippen molar-refractivity contribution >= 4 is 0 Å². The monoisotopic (exact) mass is 240 g/mol. The lowest BCUT2D eigenvalue weighted by atomic mass is 9.88. The van der Waals surface area contributed by atoms with Crippen LogP contribution in [0.5, 0.6) is 5.75 Å². The van der Waals surface area contributed by atoms with Crippen LogP contribution < -0.4 is 4.74 Å². The summed E-state index contributed by atoms with van der Waals surface area (Å²) in [7, 11) is 1.46. The number of halogens is 1. The molecule has 0 aromatic heterocycles. The fourth-order valence-electron chi connectivity index (χ4n) is 2.08. The van der Waals surface area contributed by atoms with Crippen molar-refractivity contribution in [3.8, 4) is 5.75 Å². The lowest BCUT2D eigenvalue weighted by Gasteiger charge is -2.19. The van der Waals surface area contributed by atoms with Crippen LogP contribution in [0, 0.1) is 11.7 Å². The van der Waals surface area contributed by atoms with E-state index in [4.69, 9.17) is 9.84 Å². The number of ether oxygens (including phenoxy) is 1. The molecule has 1 unspecified atom stereocenters. The fourth-order valence-corrected chi connectivity index (χ4v) is 2.08. The second-order valence-electron chi connectivity index (χ2n) is 4.73. The molecular weight excluding hydrogens is 219 g/mol. The van der Waals surface area contributed by atoms with Crippen molar-refractivity contribution in [1.82, 2.24) is 0 Å². The molecule has 0 aliphatic heterocycles. The smallest absolute Gasteiger partial charge is 0.165 e. The summed E-state index contributed by atoms with van der Waals surface area (Å²) in [6, 6.07) is 5.04. The number of hydrogen-bond donors (Lipinski definition) is 1. The Hall–Kier alpha value is -1.09. The summed E-state index contributed by atoms with van der Waals surface area (Å²) in [5.74, 6) is 0.662. The number of aliphatic hydroxyl groups excluding tert-OH is 1. The molecule has 0 radical (unpaired) electrons. The maximum absolute atomic E-state index is 13.6. The van der Waals surface area contributed by atoms with Gasteiger partial charge in [-0.3, -0.25) is 0 Å². The van der Waals surface area contributed by atoms with Gasteiger partial charge in [-0.05, 0) is 42.4 Å². The number of methoxy groups -OCH3 is 1. The highest BCUT2D eigenvalue weighted by molar-refractivity contribution is 5.31. The molecule has 0 heterocycles. The first-order valence-electron chi connectivity index (χ1n) is 6.02. The van der Waals surface area contributed by atoms with Crippen molar-refractivity contribution in [2.75, 3.05) is 13.7 Å². The van der Waals surface area contributed by atoms with E-state index in [1.807, 2.05) is 6.07 Å². The summed E-state index contributed by atoms with van der Waals surface area (Å²) in [5, 5.41) is 9.06. The summed E-state index contributed by atoms with van der Waals surface area (Å²) in [6.45, 7) is 4.39. The topological polar surface area (TPSA) is 29.5 Å². The van der Waals surface area contributed by atoms with E-state index >= 15 is 0 Å². The van der Waals surface area contributed by atoms with Crippen molar-refractivity contribution in [2.24, 2.45) is 5.92 Å². The van der Waals surface area contributed by atoms with Gasteiger partial charge in [0.05, 0.1) is 7.11 Å². The SMILES string of the molecule is COc1ccc(C(CCO)CC(C)C)cc1F. The highest BCUT2D eigenvalue weighted by atomic mass is 19.1. The molecule has 0 fully saturated rings. The maximum atomic E-state index is 13.6. The van der Waals surface area contributed by atoms with Crippen LogP contribution in [0.1, 0.15) is 38.2 Å². The molecule has 0 saturated heterocycles. The molecule has 1 aromatic rings. The first kappa shape index (κ1) is 14.0. The van der Waals surface area contributed by atoms with E-state index in [9.17, 15) is 4.39 Å². The molecule has 0 aliphatic rings. The highest BCUT2D eigenvalue weighted by Crippen LogP contribution is 2.29. The predicted molar refractivity (Wildman–Crippen MR) is 66.9 cm³/mol. The normalized spacial score (nSPS) is 12.8. The second kappa shape index (κ2) is 6.60. The molecule has 2 nitrogen and oxygen atoms in total. The molecule has 0 amide bonds. The Labute approximate surface area is 102 Å². The van der Waals surface area contributed by atoms with Crippen molar-refractivity contribution in [3.05, 3.63) is 29.6 Å². The zero-order valence-electron chi connectivity index (χ0n) is 10.7. The van der Waals surface area contributed by atoms with E-state index in [0.29, 0.717) is 12.3 Å². The standard InChI is InChI=1S/C14H21FO2/c1-10(2)8-12(6-7-16)11-4-5-14(17-3)13(15)9-11/h4-5,9-10,12,16H,6-8H2,1-3H3. The molecule has 0 bridgehead atoms. The summed E-state index contributed by atoms with van der Waals surface area (Å²) in [5.41, 5.74) is 0.936. The quantitative estimate of drug-likeness (QED) is 0.826. The van der Waals surface area contributed by atoms with Crippen LogP contribution in [-0.4, -0.2) is 18.8 Å². The van der Waals surface area contributed by atoms with Gasteiger partial charge in [0.25, 0.3) is 0 Å². The second-order valence-corrected chi connectivity index (χ2v) is 4.73. The highest BCUT2D eigenvalue weighted by Gasteiger charge is 2.15. The Morgan fingerprint density at radius 1 is 1.35 bits per heavy atom. The number of hydrogen-bond acceptors (Lipinski definition) is 2. The summed E-state index contributed by atoms with van der Waals surface area (Å²) in [4.78, 5) is 0. The molecule has 1 rings (SSSR count). The Morgan fingerprint density at radius 2 is 2.06 bits per heavy atom. The van der Waals surface area contributed by atoms with E-state index < -0.39 is 0 Å². The number of rotatable bonds is 6. The van der Waals surface area contributed by atoms with Gasteiger partial charge in [0, 0.05) is 6.61 Å². The Bertz CT molecular complexity index is 350. The molecule has 3 heteroatoms. The van der Waals surface area contributed by atoms with E-state index in [1.54, 1.807) is 6.07 Å². The Morgan fingerprint density at radius 3 is 2.53 bits per heavy atom. The van der Waals surface area contributed by atoms with Crippen LogP contribution in [0.25, 0.3) is 0 Å². The van der Waals surface area contributed by atoms with Gasteiger partial charge in [0.1, 0.15) is 0 Å². The number of aliphatic hydroxyl groups is 1. The summed E-state index contributed by atoms with van der Waals surface area (Å²) in [6.07, 6.45) is 1.62. The zero-order chi connectivity index (χ0) is 12.8. The van der Waals surface area contributed by atoms with Crippen LogP contribution in [-0.2, 0) is 0 Å². The first-order valence-corrected chi connectivity index (χ1v) is 6.02. The molecule has 0 spiro atoms. The predicted octanol–water partition coefficient (Wildman–Crippen LogP) is 3.35. The molecule has 17 heavy (non-hydrogen) atoms. The van der Waals surface area contributed by atoms with Gasteiger partial charge in [-0.2, -0.15) is 0 Å². The van der Waals surface area contributed by atoms with Crippen LogP contribution >= 0.6 is 0 Å². The van der Waals surface area contributed by atoms with Gasteiger partial charge < -0.3 is 9.84 Å². The van der Waals surface area contributed by atoms with Crippen molar-refractivity contribution < 1.29 is 14.2 Å². The molecule has 1 N–H and O–H groups in total. The fraction of sp³-hybridized carbons (Fsp3) is 0.571. The van der Waals surface area contributed by atoms with Crippen molar-refractivity contribution in [3.63, 3.8) is 0 Å². The maximum Gasteiger partial charge on any atom is 0.165 e. The average molecular weight is 240 g/mol. The lowest BCUT2D eigenvalue weighted by Crippen LogP contribution is -2.06. The Kier molecular flexibility index (Phi) is 5.42. The van der Waals surface area contributed by atoms with Crippen molar-refractivity contribution in [1.29, 1.82) is 0 Å². The molecule has 0 saturated carbocycles. The van der Waals surface area contributed by atoms with Crippen molar-refractivity contribution in [2.45, 2.75) is 32.6 Å². The van der Waals surface area contributed by atoms with Gasteiger partial charge in [0.15, 0.2) is 11.6 Å². The molecule has 1 atom stereocenters. The van der Waals surface area contributed by atoms with E-state index in [-0.39, 0.29) is 24.1 Å². The summed E-state index contributed by atoms with van der Waals surface area (Å²) >= 11 is 0. The van der Waals surface area contributed by atoms with Crippen LogP contribution in [0.4, 0.5) is 4.39 Å². The summed E-state index contributed by atoms with van der Waals surface area (Å²) < 4.78 is 18.5. The van der Waals surface area contributed by atoms with E-state index in [1.165, 1.54) is 13.2 Å². The molecule has 96 valence electrons. The largest absolute Gasteiger partial charge is 0.494 e. The Balaban J connectivity index is 2.89. The third kappa shape index (κ3) is 4.00. The van der Waals surface area contributed by atoms with Gasteiger partial charge in [-0.15, -0.1) is 0 Å². The van der Waals surface area contributed by atoms with Gasteiger partial charge >= 0.3 is 0 Å². The molecule has 0 aliphatic carbocycles. The molecular formula is C14H21FO2. The third-order valence-corrected chi connectivity index (χ3v) is 2.88. The van der Waals surface area contributed by atoms with E-state index in [0.717, 1.165) is 12.0 Å². The van der Waals surface area contributed by atoms with Crippen LogP contribution in [0.3, 0.4) is 0 Å². The minimum atomic E-state index is -0.336. The minimum absolute atomic E-state index is 0.130.